The van der Waals surface area contributed by atoms with E-state index < -0.39 is 0 Å². The Kier molecular flexibility index (Phi) is 3.54. The van der Waals surface area contributed by atoms with E-state index in [9.17, 15) is 5.11 Å². The zero-order chi connectivity index (χ0) is 13.2. The highest BCUT2D eigenvalue weighted by atomic mass is 16.3. The fourth-order valence-corrected chi connectivity index (χ4v) is 1.62. The molecule has 0 saturated heterocycles. The molecule has 2 rings (SSSR count). The van der Waals surface area contributed by atoms with Crippen LogP contribution in [0.5, 0.6) is 0 Å². The molecule has 2 aromatic rings. The van der Waals surface area contributed by atoms with Gasteiger partial charge in [0.25, 0.3) is 0 Å². The molecule has 0 atom stereocenters. The Bertz CT molecular complexity index is 514. The van der Waals surface area contributed by atoms with Crippen molar-refractivity contribution < 1.29 is 9.52 Å². The molecule has 0 radical (unpaired) electrons. The molecule has 18 heavy (non-hydrogen) atoms. The average Bonchev–Trinajstić information content (AvgIpc) is 2.94. The summed E-state index contributed by atoms with van der Waals surface area (Å²) in [5, 5.41) is 19.5. The largest absolute Gasteiger partial charge is 0.460 e. The van der Waals surface area contributed by atoms with Crippen LogP contribution in [0.3, 0.4) is 0 Å². The second-order valence-corrected chi connectivity index (χ2v) is 5.08. The smallest absolute Gasteiger partial charge is 0.152 e. The Morgan fingerprint density at radius 3 is 2.83 bits per heavy atom. The molecule has 5 heteroatoms. The second-order valence-electron chi connectivity index (χ2n) is 5.08. The lowest BCUT2D eigenvalue weighted by atomic mass is 10.1. The standard InChI is InChI=1S/C13H19N3O2/c1-9-4-5-11(18-9)12-10(7-15-16-12)6-14-13(2,3)8-17/h4-5,7,14,17H,6,8H2,1-3H3,(H,15,16). The number of nitrogens with one attached hydrogen (secondary N) is 2. The van der Waals surface area contributed by atoms with E-state index >= 15 is 0 Å². The van der Waals surface area contributed by atoms with Crippen LogP contribution in [0, 0.1) is 6.92 Å². The van der Waals surface area contributed by atoms with Gasteiger partial charge in [-0.3, -0.25) is 5.10 Å². The third kappa shape index (κ3) is 2.80. The number of aromatic amines is 1. The molecule has 2 heterocycles. The molecule has 0 aliphatic carbocycles. The third-order valence-corrected chi connectivity index (χ3v) is 2.86. The van der Waals surface area contributed by atoms with Crippen LogP contribution in [0.2, 0.25) is 0 Å². The Morgan fingerprint density at radius 2 is 2.22 bits per heavy atom. The van der Waals surface area contributed by atoms with Crippen LogP contribution < -0.4 is 5.32 Å². The van der Waals surface area contributed by atoms with Crippen LogP contribution in [0.1, 0.15) is 25.2 Å². The average molecular weight is 249 g/mol. The molecule has 0 saturated carbocycles. The lowest BCUT2D eigenvalue weighted by Crippen LogP contribution is -2.42. The van der Waals surface area contributed by atoms with E-state index in [0.29, 0.717) is 6.54 Å². The summed E-state index contributed by atoms with van der Waals surface area (Å²) in [6.45, 7) is 6.51. The van der Waals surface area contributed by atoms with Crippen molar-refractivity contribution in [1.82, 2.24) is 15.5 Å². The van der Waals surface area contributed by atoms with Gasteiger partial charge in [-0.2, -0.15) is 5.10 Å². The summed E-state index contributed by atoms with van der Waals surface area (Å²) in [5.41, 5.74) is 1.59. The molecule has 0 spiro atoms. The van der Waals surface area contributed by atoms with E-state index in [0.717, 1.165) is 22.8 Å². The summed E-state index contributed by atoms with van der Waals surface area (Å²) in [4.78, 5) is 0. The number of aliphatic hydroxyl groups excluding tert-OH is 1. The van der Waals surface area contributed by atoms with E-state index in [1.54, 1.807) is 6.20 Å². The minimum Gasteiger partial charge on any atom is -0.460 e. The monoisotopic (exact) mass is 249 g/mol. The third-order valence-electron chi connectivity index (χ3n) is 2.86. The minimum absolute atomic E-state index is 0.0834. The van der Waals surface area contributed by atoms with Gasteiger partial charge in [0, 0.05) is 17.6 Å². The van der Waals surface area contributed by atoms with Gasteiger partial charge in [0.15, 0.2) is 5.76 Å². The predicted octanol–water partition coefficient (Wildman–Crippen LogP) is 1.84. The maximum atomic E-state index is 9.21. The van der Waals surface area contributed by atoms with Gasteiger partial charge in [-0.05, 0) is 32.9 Å². The van der Waals surface area contributed by atoms with Gasteiger partial charge in [0.2, 0.25) is 0 Å². The van der Waals surface area contributed by atoms with Crippen LogP contribution in [-0.4, -0.2) is 27.4 Å². The number of H-pyrrole nitrogens is 1. The molecular formula is C13H19N3O2. The van der Waals surface area contributed by atoms with Crippen molar-refractivity contribution in [2.24, 2.45) is 0 Å². The number of aliphatic hydroxyl groups is 1. The number of hydrogen-bond donors (Lipinski definition) is 3. The van der Waals surface area contributed by atoms with Crippen molar-refractivity contribution in [3.63, 3.8) is 0 Å². The van der Waals surface area contributed by atoms with Crippen LogP contribution in [0.15, 0.2) is 22.7 Å². The summed E-state index contributed by atoms with van der Waals surface area (Å²) in [7, 11) is 0. The topological polar surface area (TPSA) is 74.1 Å². The van der Waals surface area contributed by atoms with Gasteiger partial charge in [-0.25, -0.2) is 0 Å². The van der Waals surface area contributed by atoms with Crippen LogP contribution >= 0.6 is 0 Å². The fourth-order valence-electron chi connectivity index (χ4n) is 1.62. The molecule has 0 aliphatic heterocycles. The molecule has 3 N–H and O–H groups in total. The van der Waals surface area contributed by atoms with E-state index in [-0.39, 0.29) is 12.1 Å². The molecule has 0 aliphatic rings. The Labute approximate surface area is 106 Å². The van der Waals surface area contributed by atoms with Gasteiger partial charge in [-0.15, -0.1) is 0 Å². The SMILES string of the molecule is Cc1ccc(-c2[nH]ncc2CNC(C)(C)CO)o1. The summed E-state index contributed by atoms with van der Waals surface area (Å²) in [5.74, 6) is 1.65. The summed E-state index contributed by atoms with van der Waals surface area (Å²) < 4.78 is 5.58. The molecular weight excluding hydrogens is 230 g/mol. The van der Waals surface area contributed by atoms with E-state index in [1.807, 2.05) is 32.9 Å². The first kappa shape index (κ1) is 12.9. The molecule has 0 unspecified atom stereocenters. The van der Waals surface area contributed by atoms with Gasteiger partial charge < -0.3 is 14.8 Å². The molecule has 0 amide bonds. The van der Waals surface area contributed by atoms with Gasteiger partial charge >= 0.3 is 0 Å². The first-order valence-corrected chi connectivity index (χ1v) is 5.97. The highest BCUT2D eigenvalue weighted by Gasteiger charge is 2.17. The van der Waals surface area contributed by atoms with Gasteiger partial charge in [0.05, 0.1) is 12.8 Å². The van der Waals surface area contributed by atoms with Gasteiger partial charge in [0.1, 0.15) is 11.5 Å². The number of furan rings is 1. The molecule has 0 bridgehead atoms. The number of aromatic nitrogens is 2. The van der Waals surface area contributed by atoms with Crippen molar-refractivity contribution in [3.05, 3.63) is 29.7 Å². The predicted molar refractivity (Wildman–Crippen MR) is 69.0 cm³/mol. The minimum atomic E-state index is -0.312. The Balaban J connectivity index is 2.14. The number of hydrogen-bond acceptors (Lipinski definition) is 4. The summed E-state index contributed by atoms with van der Waals surface area (Å²) in [6, 6.07) is 3.84. The van der Waals surface area contributed by atoms with Gasteiger partial charge in [-0.1, -0.05) is 0 Å². The second kappa shape index (κ2) is 4.96. The molecule has 2 aromatic heterocycles. The van der Waals surface area contributed by atoms with E-state index in [1.165, 1.54) is 0 Å². The fraction of sp³-hybridized carbons (Fsp3) is 0.462. The highest BCUT2D eigenvalue weighted by Crippen LogP contribution is 2.23. The van der Waals surface area contributed by atoms with Crippen molar-refractivity contribution in [1.29, 1.82) is 0 Å². The van der Waals surface area contributed by atoms with Crippen molar-refractivity contribution in [2.75, 3.05) is 6.61 Å². The lowest BCUT2D eigenvalue weighted by molar-refractivity contribution is 0.187. The maximum absolute atomic E-state index is 9.21. The number of rotatable bonds is 5. The van der Waals surface area contributed by atoms with Crippen molar-refractivity contribution in [3.8, 4) is 11.5 Å². The summed E-state index contributed by atoms with van der Waals surface area (Å²) in [6.07, 6.45) is 1.77. The van der Waals surface area contributed by atoms with Crippen LogP contribution in [0.4, 0.5) is 0 Å². The normalized spacial score (nSPS) is 12.0. The van der Waals surface area contributed by atoms with Crippen molar-refractivity contribution >= 4 is 0 Å². The van der Waals surface area contributed by atoms with E-state index in [2.05, 4.69) is 15.5 Å². The number of aryl methyl sites for hydroxylation is 1. The van der Waals surface area contributed by atoms with Crippen LogP contribution in [-0.2, 0) is 6.54 Å². The molecule has 5 nitrogen and oxygen atoms in total. The molecule has 0 fully saturated rings. The number of nitrogens with zero attached hydrogens (tertiary/aromatic N) is 1. The first-order chi connectivity index (χ1) is 8.52. The lowest BCUT2D eigenvalue weighted by Gasteiger charge is -2.23. The van der Waals surface area contributed by atoms with Crippen LogP contribution in [0.25, 0.3) is 11.5 Å². The first-order valence-electron chi connectivity index (χ1n) is 5.97. The molecule has 98 valence electrons. The quantitative estimate of drug-likeness (QED) is 0.756. The Morgan fingerprint density at radius 1 is 1.44 bits per heavy atom. The molecule has 0 aromatic carbocycles. The van der Waals surface area contributed by atoms with Crippen molar-refractivity contribution in [2.45, 2.75) is 32.9 Å². The van der Waals surface area contributed by atoms with E-state index in [4.69, 9.17) is 4.42 Å². The summed E-state index contributed by atoms with van der Waals surface area (Å²) >= 11 is 0. The highest BCUT2D eigenvalue weighted by molar-refractivity contribution is 5.56. The zero-order valence-electron chi connectivity index (χ0n) is 10.9. The zero-order valence-corrected chi connectivity index (χ0v) is 10.9. The Hall–Kier alpha value is -1.59. The maximum Gasteiger partial charge on any atom is 0.152 e.